The maximum absolute atomic E-state index is 12.8. The summed E-state index contributed by atoms with van der Waals surface area (Å²) < 4.78 is 5.78. The van der Waals surface area contributed by atoms with Crippen LogP contribution in [0.4, 0.5) is 11.4 Å². The highest BCUT2D eigenvalue weighted by molar-refractivity contribution is 6.01. The Balaban J connectivity index is 1.88. The molecular formula is C17H24N2O2. The van der Waals surface area contributed by atoms with Gasteiger partial charge in [-0.3, -0.25) is 4.79 Å². The molecule has 1 aliphatic heterocycles. The van der Waals surface area contributed by atoms with E-state index in [1.165, 1.54) is 6.42 Å². The van der Waals surface area contributed by atoms with Crippen LogP contribution in [0, 0.1) is 5.41 Å². The minimum Gasteiger partial charge on any atom is -0.491 e. The van der Waals surface area contributed by atoms with Crippen LogP contribution < -0.4 is 15.4 Å². The van der Waals surface area contributed by atoms with Gasteiger partial charge in [-0.05, 0) is 31.4 Å². The molecule has 1 fully saturated rings. The van der Waals surface area contributed by atoms with E-state index in [0.29, 0.717) is 6.61 Å². The fourth-order valence-electron chi connectivity index (χ4n) is 3.36. The first-order valence-electron chi connectivity index (χ1n) is 8.06. The molecule has 0 radical (unpaired) electrons. The topological polar surface area (TPSA) is 50.4 Å². The lowest BCUT2D eigenvalue weighted by Crippen LogP contribution is -2.41. The van der Waals surface area contributed by atoms with Crippen LogP contribution in [-0.4, -0.2) is 19.1 Å². The Bertz CT molecular complexity index is 522. The Hall–Kier alpha value is -1.71. The van der Waals surface area contributed by atoms with Crippen molar-refractivity contribution in [1.29, 1.82) is 0 Å². The van der Waals surface area contributed by atoms with E-state index in [4.69, 9.17) is 4.74 Å². The van der Waals surface area contributed by atoms with E-state index in [9.17, 15) is 4.79 Å². The Morgan fingerprint density at radius 1 is 1.24 bits per heavy atom. The predicted octanol–water partition coefficient (Wildman–Crippen LogP) is 3.79. The van der Waals surface area contributed by atoms with Crippen molar-refractivity contribution in [3.05, 3.63) is 18.2 Å². The summed E-state index contributed by atoms with van der Waals surface area (Å²) in [4.78, 5) is 12.8. The van der Waals surface area contributed by atoms with Crippen molar-refractivity contribution in [2.24, 2.45) is 5.41 Å². The maximum Gasteiger partial charge on any atom is 0.232 e. The van der Waals surface area contributed by atoms with Gasteiger partial charge >= 0.3 is 0 Å². The molecular weight excluding hydrogens is 264 g/mol. The lowest BCUT2D eigenvalue weighted by atomic mass is 9.73. The molecule has 0 atom stereocenters. The SMILES string of the molecule is CCCOc1cccc2c1NC(=O)C1(CCCCC1)CN2. The van der Waals surface area contributed by atoms with E-state index in [1.54, 1.807) is 0 Å². The standard InChI is InChI=1S/C17H24N2O2/c1-2-11-21-14-8-6-7-13-15(14)19-16(20)17(12-18-13)9-4-3-5-10-17/h6-8,18H,2-5,9-12H2,1H3,(H,19,20). The molecule has 4 heteroatoms. The molecule has 0 saturated heterocycles. The highest BCUT2D eigenvalue weighted by Gasteiger charge is 2.41. The number of carbonyl (C=O) groups excluding carboxylic acids is 1. The summed E-state index contributed by atoms with van der Waals surface area (Å²) in [5.41, 5.74) is 1.53. The number of fused-ring (bicyclic) bond motifs is 1. The summed E-state index contributed by atoms with van der Waals surface area (Å²) in [7, 11) is 0. The van der Waals surface area contributed by atoms with Crippen LogP contribution in [0.3, 0.4) is 0 Å². The van der Waals surface area contributed by atoms with Crippen molar-refractivity contribution < 1.29 is 9.53 Å². The summed E-state index contributed by atoms with van der Waals surface area (Å²) in [6.45, 7) is 3.47. The normalized spacial score (nSPS) is 20.1. The van der Waals surface area contributed by atoms with Crippen LogP contribution in [0.1, 0.15) is 45.4 Å². The number of carbonyl (C=O) groups is 1. The third kappa shape index (κ3) is 2.71. The highest BCUT2D eigenvalue weighted by Crippen LogP contribution is 2.43. The number of benzene rings is 1. The first-order chi connectivity index (χ1) is 10.2. The van der Waals surface area contributed by atoms with Gasteiger partial charge in [-0.15, -0.1) is 0 Å². The van der Waals surface area contributed by atoms with E-state index in [0.717, 1.165) is 55.8 Å². The van der Waals surface area contributed by atoms with Crippen molar-refractivity contribution in [2.45, 2.75) is 45.4 Å². The zero-order valence-corrected chi connectivity index (χ0v) is 12.7. The van der Waals surface area contributed by atoms with E-state index < -0.39 is 0 Å². The summed E-state index contributed by atoms with van der Waals surface area (Å²) in [6, 6.07) is 5.91. The van der Waals surface area contributed by atoms with Crippen LogP contribution in [0.2, 0.25) is 0 Å². The smallest absolute Gasteiger partial charge is 0.232 e. The molecule has 0 aromatic heterocycles. The molecule has 1 amide bonds. The summed E-state index contributed by atoms with van der Waals surface area (Å²) in [5.74, 6) is 0.920. The molecule has 1 saturated carbocycles. The van der Waals surface area contributed by atoms with E-state index in [-0.39, 0.29) is 11.3 Å². The van der Waals surface area contributed by atoms with Crippen molar-refractivity contribution in [1.82, 2.24) is 0 Å². The van der Waals surface area contributed by atoms with Gasteiger partial charge in [-0.1, -0.05) is 32.3 Å². The average molecular weight is 288 g/mol. The summed E-state index contributed by atoms with van der Waals surface area (Å²) >= 11 is 0. The van der Waals surface area contributed by atoms with Crippen LogP contribution in [-0.2, 0) is 4.79 Å². The molecule has 3 rings (SSSR count). The lowest BCUT2D eigenvalue weighted by molar-refractivity contribution is -0.126. The molecule has 1 spiro atoms. The molecule has 1 aromatic rings. The molecule has 21 heavy (non-hydrogen) atoms. The molecule has 0 bridgehead atoms. The molecule has 1 aliphatic carbocycles. The second kappa shape index (κ2) is 5.96. The maximum atomic E-state index is 12.8. The van der Waals surface area contributed by atoms with Crippen molar-refractivity contribution >= 4 is 17.3 Å². The average Bonchev–Trinajstić information content (AvgIpc) is 2.65. The molecule has 1 heterocycles. The minimum absolute atomic E-state index is 0.154. The molecule has 114 valence electrons. The van der Waals surface area contributed by atoms with Gasteiger partial charge in [0.15, 0.2) is 0 Å². The van der Waals surface area contributed by atoms with Gasteiger partial charge in [0, 0.05) is 6.54 Å². The third-order valence-corrected chi connectivity index (χ3v) is 4.64. The number of anilines is 2. The Morgan fingerprint density at radius 2 is 2.05 bits per heavy atom. The first-order valence-corrected chi connectivity index (χ1v) is 8.06. The van der Waals surface area contributed by atoms with Crippen LogP contribution in [0.5, 0.6) is 5.75 Å². The zero-order chi connectivity index (χ0) is 14.7. The Labute approximate surface area is 126 Å². The number of rotatable bonds is 3. The van der Waals surface area contributed by atoms with Crippen LogP contribution in [0.15, 0.2) is 18.2 Å². The zero-order valence-electron chi connectivity index (χ0n) is 12.7. The first kappa shape index (κ1) is 14.2. The van der Waals surface area contributed by atoms with Gasteiger partial charge in [-0.2, -0.15) is 0 Å². The molecule has 4 nitrogen and oxygen atoms in total. The van der Waals surface area contributed by atoms with Crippen LogP contribution >= 0.6 is 0 Å². The number of hydrogen-bond acceptors (Lipinski definition) is 3. The van der Waals surface area contributed by atoms with Gasteiger partial charge < -0.3 is 15.4 Å². The van der Waals surface area contributed by atoms with Gasteiger partial charge in [0.25, 0.3) is 0 Å². The van der Waals surface area contributed by atoms with Gasteiger partial charge in [0.2, 0.25) is 5.91 Å². The number of nitrogens with one attached hydrogen (secondary N) is 2. The fourth-order valence-corrected chi connectivity index (χ4v) is 3.36. The second-order valence-corrected chi connectivity index (χ2v) is 6.18. The predicted molar refractivity (Wildman–Crippen MR) is 84.9 cm³/mol. The van der Waals surface area contributed by atoms with Crippen molar-refractivity contribution in [2.75, 3.05) is 23.8 Å². The highest BCUT2D eigenvalue weighted by atomic mass is 16.5. The van der Waals surface area contributed by atoms with E-state index in [1.807, 2.05) is 18.2 Å². The quantitative estimate of drug-likeness (QED) is 0.889. The monoisotopic (exact) mass is 288 g/mol. The fraction of sp³-hybridized carbons (Fsp3) is 0.588. The molecule has 2 aliphatic rings. The third-order valence-electron chi connectivity index (χ3n) is 4.64. The molecule has 0 unspecified atom stereocenters. The van der Waals surface area contributed by atoms with Crippen molar-refractivity contribution in [3.8, 4) is 5.75 Å². The minimum atomic E-state index is -0.251. The molecule has 2 N–H and O–H groups in total. The van der Waals surface area contributed by atoms with E-state index >= 15 is 0 Å². The van der Waals surface area contributed by atoms with Crippen molar-refractivity contribution in [3.63, 3.8) is 0 Å². The summed E-state index contributed by atoms with van der Waals surface area (Å²) in [5, 5.41) is 6.60. The number of para-hydroxylation sites is 1. The second-order valence-electron chi connectivity index (χ2n) is 6.18. The Kier molecular flexibility index (Phi) is 4.04. The van der Waals surface area contributed by atoms with Gasteiger partial charge in [-0.25, -0.2) is 0 Å². The number of hydrogen-bond donors (Lipinski definition) is 2. The van der Waals surface area contributed by atoms with E-state index in [2.05, 4.69) is 17.6 Å². The van der Waals surface area contributed by atoms with Crippen LogP contribution in [0.25, 0.3) is 0 Å². The number of ether oxygens (including phenoxy) is 1. The molecule has 1 aromatic carbocycles. The van der Waals surface area contributed by atoms with Gasteiger partial charge in [0.1, 0.15) is 11.4 Å². The Morgan fingerprint density at radius 3 is 2.81 bits per heavy atom. The summed E-state index contributed by atoms with van der Waals surface area (Å²) in [6.07, 6.45) is 6.44. The lowest BCUT2D eigenvalue weighted by Gasteiger charge is -2.34. The number of amides is 1. The largest absolute Gasteiger partial charge is 0.491 e. The van der Waals surface area contributed by atoms with Gasteiger partial charge in [0.05, 0.1) is 17.7 Å².